The van der Waals surface area contributed by atoms with Crippen molar-refractivity contribution in [2.45, 2.75) is 30.1 Å². The quantitative estimate of drug-likeness (QED) is 0.320. The standard InChI is InChI=1S/C21H16ClF3N4OS/c22-18-7-6-14(10-17(18)21(23,24)25)13-31-20-28-27-19(11-15-4-1-2-8-26-15)29(20)12-16-5-3-9-30-16/h1-10H,11-13H2. The maximum absolute atomic E-state index is 13.1. The minimum Gasteiger partial charge on any atom is -0.467 e. The summed E-state index contributed by atoms with van der Waals surface area (Å²) < 4.78 is 46.8. The molecule has 3 aromatic heterocycles. The summed E-state index contributed by atoms with van der Waals surface area (Å²) in [5, 5.41) is 8.79. The highest BCUT2D eigenvalue weighted by Crippen LogP contribution is 2.36. The van der Waals surface area contributed by atoms with E-state index in [0.29, 0.717) is 29.5 Å². The summed E-state index contributed by atoms with van der Waals surface area (Å²) in [6.07, 6.45) is -0.754. The van der Waals surface area contributed by atoms with Gasteiger partial charge in [-0.05, 0) is 42.0 Å². The van der Waals surface area contributed by atoms with Crippen molar-refractivity contribution in [3.05, 3.63) is 94.4 Å². The summed E-state index contributed by atoms with van der Waals surface area (Å²) >= 11 is 7.01. The van der Waals surface area contributed by atoms with Crippen LogP contribution in [0.15, 0.2) is 70.6 Å². The Bertz CT molecular complexity index is 1150. The van der Waals surface area contributed by atoms with Gasteiger partial charge in [-0.15, -0.1) is 10.2 Å². The van der Waals surface area contributed by atoms with Crippen molar-refractivity contribution in [3.63, 3.8) is 0 Å². The van der Waals surface area contributed by atoms with Gasteiger partial charge in [-0.3, -0.25) is 9.55 Å². The van der Waals surface area contributed by atoms with Crippen LogP contribution in [0.5, 0.6) is 0 Å². The lowest BCUT2D eigenvalue weighted by Gasteiger charge is -2.11. The molecule has 5 nitrogen and oxygen atoms in total. The largest absolute Gasteiger partial charge is 0.467 e. The zero-order valence-electron chi connectivity index (χ0n) is 16.0. The Morgan fingerprint density at radius 1 is 1.06 bits per heavy atom. The molecule has 0 fully saturated rings. The van der Waals surface area contributed by atoms with Gasteiger partial charge in [0.05, 0.1) is 29.8 Å². The van der Waals surface area contributed by atoms with Crippen LogP contribution < -0.4 is 0 Å². The third-order valence-electron chi connectivity index (χ3n) is 4.46. The first-order valence-corrected chi connectivity index (χ1v) is 10.6. The molecule has 4 rings (SSSR count). The molecule has 3 heterocycles. The van der Waals surface area contributed by atoms with E-state index in [1.54, 1.807) is 24.6 Å². The molecule has 0 N–H and O–H groups in total. The van der Waals surface area contributed by atoms with E-state index in [0.717, 1.165) is 17.5 Å². The fourth-order valence-corrected chi connectivity index (χ4v) is 4.09. The highest BCUT2D eigenvalue weighted by molar-refractivity contribution is 7.98. The minimum atomic E-state index is -4.51. The Morgan fingerprint density at radius 2 is 1.94 bits per heavy atom. The van der Waals surface area contributed by atoms with Crippen molar-refractivity contribution in [2.24, 2.45) is 0 Å². The smallest absolute Gasteiger partial charge is 0.417 e. The number of pyridine rings is 1. The number of aromatic nitrogens is 4. The van der Waals surface area contributed by atoms with Crippen LogP contribution in [-0.2, 0) is 24.9 Å². The molecule has 0 atom stereocenters. The first-order chi connectivity index (χ1) is 14.9. The SMILES string of the molecule is FC(F)(F)c1cc(CSc2nnc(Cc3ccccn3)n2Cc2ccco2)ccc1Cl. The molecule has 0 spiro atoms. The Morgan fingerprint density at radius 3 is 2.65 bits per heavy atom. The lowest BCUT2D eigenvalue weighted by atomic mass is 10.1. The maximum atomic E-state index is 13.1. The van der Waals surface area contributed by atoms with Crippen LogP contribution in [0.1, 0.15) is 28.4 Å². The topological polar surface area (TPSA) is 56.7 Å². The number of hydrogen-bond acceptors (Lipinski definition) is 5. The molecule has 0 aliphatic rings. The van der Waals surface area contributed by atoms with E-state index in [4.69, 9.17) is 16.0 Å². The molecule has 0 aliphatic carbocycles. The van der Waals surface area contributed by atoms with Gasteiger partial charge in [-0.1, -0.05) is 35.5 Å². The van der Waals surface area contributed by atoms with E-state index < -0.39 is 11.7 Å². The molecule has 160 valence electrons. The molecule has 0 saturated carbocycles. The third kappa shape index (κ3) is 5.29. The second-order valence-corrected chi connectivity index (χ2v) is 8.01. The molecule has 1 aromatic carbocycles. The second kappa shape index (κ2) is 9.15. The maximum Gasteiger partial charge on any atom is 0.417 e. The van der Waals surface area contributed by atoms with Gasteiger partial charge in [-0.2, -0.15) is 13.2 Å². The molecule has 0 radical (unpaired) electrons. The van der Waals surface area contributed by atoms with Gasteiger partial charge in [0, 0.05) is 17.6 Å². The van der Waals surface area contributed by atoms with Crippen molar-refractivity contribution in [2.75, 3.05) is 0 Å². The Balaban J connectivity index is 1.58. The van der Waals surface area contributed by atoms with Gasteiger partial charge in [0.1, 0.15) is 11.6 Å². The van der Waals surface area contributed by atoms with E-state index >= 15 is 0 Å². The van der Waals surface area contributed by atoms with Crippen molar-refractivity contribution in [3.8, 4) is 0 Å². The number of alkyl halides is 3. The van der Waals surface area contributed by atoms with Gasteiger partial charge in [0.2, 0.25) is 0 Å². The number of nitrogens with zero attached hydrogens (tertiary/aromatic N) is 4. The molecule has 0 bridgehead atoms. The summed E-state index contributed by atoms with van der Waals surface area (Å²) in [5.74, 6) is 1.68. The first kappa shape index (κ1) is 21.5. The van der Waals surface area contributed by atoms with E-state index in [1.807, 2.05) is 28.8 Å². The summed E-state index contributed by atoms with van der Waals surface area (Å²) in [5.41, 5.74) is 0.473. The van der Waals surface area contributed by atoms with Crippen LogP contribution >= 0.6 is 23.4 Å². The predicted octanol–water partition coefficient (Wildman–Crippen LogP) is 5.87. The normalized spacial score (nSPS) is 11.7. The zero-order chi connectivity index (χ0) is 21.8. The number of benzene rings is 1. The summed E-state index contributed by atoms with van der Waals surface area (Å²) in [6.45, 7) is 0.402. The number of rotatable bonds is 7. The van der Waals surface area contributed by atoms with E-state index in [2.05, 4.69) is 15.2 Å². The molecule has 4 aromatic rings. The van der Waals surface area contributed by atoms with Gasteiger partial charge in [0.25, 0.3) is 0 Å². The average molecular weight is 465 g/mol. The van der Waals surface area contributed by atoms with E-state index in [9.17, 15) is 13.2 Å². The van der Waals surface area contributed by atoms with Crippen LogP contribution in [0.2, 0.25) is 5.02 Å². The molecule has 31 heavy (non-hydrogen) atoms. The molecular weight excluding hydrogens is 449 g/mol. The summed E-state index contributed by atoms with van der Waals surface area (Å²) in [4.78, 5) is 4.33. The van der Waals surface area contributed by atoms with Crippen LogP contribution in [0.4, 0.5) is 13.2 Å². The number of halogens is 4. The monoisotopic (exact) mass is 464 g/mol. The van der Waals surface area contributed by atoms with Gasteiger partial charge in [-0.25, -0.2) is 0 Å². The fourth-order valence-electron chi connectivity index (χ4n) is 2.97. The van der Waals surface area contributed by atoms with E-state index in [1.165, 1.54) is 17.8 Å². The van der Waals surface area contributed by atoms with Crippen LogP contribution in [0.3, 0.4) is 0 Å². The predicted molar refractivity (Wildman–Crippen MR) is 111 cm³/mol. The lowest BCUT2D eigenvalue weighted by Crippen LogP contribution is -2.08. The average Bonchev–Trinajstić information content (AvgIpc) is 3.38. The molecule has 0 amide bonds. The highest BCUT2D eigenvalue weighted by Gasteiger charge is 2.33. The molecular formula is C21H16ClF3N4OS. The number of hydrogen-bond donors (Lipinski definition) is 0. The first-order valence-electron chi connectivity index (χ1n) is 9.23. The fraction of sp³-hybridized carbons (Fsp3) is 0.190. The third-order valence-corrected chi connectivity index (χ3v) is 5.82. The van der Waals surface area contributed by atoms with Crippen LogP contribution in [0.25, 0.3) is 0 Å². The zero-order valence-corrected chi connectivity index (χ0v) is 17.6. The Kier molecular flexibility index (Phi) is 6.33. The molecule has 0 saturated heterocycles. The molecule has 10 heteroatoms. The van der Waals surface area contributed by atoms with Crippen molar-refractivity contribution >= 4 is 23.4 Å². The molecule has 0 unspecified atom stereocenters. The Labute approximate surface area is 185 Å². The van der Waals surface area contributed by atoms with Crippen LogP contribution in [-0.4, -0.2) is 19.7 Å². The summed E-state index contributed by atoms with van der Waals surface area (Å²) in [6, 6.07) is 13.2. The van der Waals surface area contributed by atoms with Crippen molar-refractivity contribution in [1.82, 2.24) is 19.7 Å². The van der Waals surface area contributed by atoms with E-state index in [-0.39, 0.29) is 10.8 Å². The van der Waals surface area contributed by atoms with Crippen molar-refractivity contribution < 1.29 is 17.6 Å². The highest BCUT2D eigenvalue weighted by atomic mass is 35.5. The Hall–Kier alpha value is -2.78. The number of thioether (sulfide) groups is 1. The van der Waals surface area contributed by atoms with Crippen molar-refractivity contribution in [1.29, 1.82) is 0 Å². The van der Waals surface area contributed by atoms with Gasteiger partial charge in [0.15, 0.2) is 5.16 Å². The number of furan rings is 1. The van der Waals surface area contributed by atoms with Gasteiger partial charge >= 0.3 is 6.18 Å². The van der Waals surface area contributed by atoms with Gasteiger partial charge < -0.3 is 4.42 Å². The lowest BCUT2D eigenvalue weighted by molar-refractivity contribution is -0.137. The second-order valence-electron chi connectivity index (χ2n) is 6.66. The molecule has 0 aliphatic heterocycles. The summed E-state index contributed by atoms with van der Waals surface area (Å²) in [7, 11) is 0. The van der Waals surface area contributed by atoms with Crippen LogP contribution in [0, 0.1) is 0 Å². The minimum absolute atomic E-state index is 0.278.